The molecule has 98 valence electrons. The molecule has 0 fully saturated rings. The summed E-state index contributed by atoms with van der Waals surface area (Å²) < 4.78 is 7.12. The Bertz CT molecular complexity index is 631. The van der Waals surface area contributed by atoms with Gasteiger partial charge in [-0.3, -0.25) is 4.79 Å². The van der Waals surface area contributed by atoms with Gasteiger partial charge in [0.25, 0.3) is 5.91 Å². The van der Waals surface area contributed by atoms with E-state index in [1.54, 1.807) is 0 Å². The first-order valence-electron chi connectivity index (χ1n) is 5.96. The van der Waals surface area contributed by atoms with Gasteiger partial charge in [-0.05, 0) is 25.0 Å². The Morgan fingerprint density at radius 3 is 2.79 bits per heavy atom. The van der Waals surface area contributed by atoms with Crippen molar-refractivity contribution in [3.63, 3.8) is 0 Å². The molecule has 1 aliphatic rings. The number of benzene rings is 1. The van der Waals surface area contributed by atoms with E-state index in [1.165, 1.54) is 16.4 Å². The van der Waals surface area contributed by atoms with Gasteiger partial charge >= 0.3 is 0 Å². The number of rotatable bonds is 3. The number of thioether (sulfide) groups is 1. The van der Waals surface area contributed by atoms with Crippen molar-refractivity contribution < 1.29 is 9.53 Å². The van der Waals surface area contributed by atoms with Gasteiger partial charge in [0.1, 0.15) is 12.4 Å². The molecule has 3 rings (SSSR count). The summed E-state index contributed by atoms with van der Waals surface area (Å²) >= 11 is 1.41. The molecule has 0 bridgehead atoms. The van der Waals surface area contributed by atoms with Gasteiger partial charge in [-0.1, -0.05) is 30.0 Å². The molecule has 0 radical (unpaired) electrons. The van der Waals surface area contributed by atoms with E-state index in [4.69, 9.17) is 4.74 Å². The van der Waals surface area contributed by atoms with Crippen LogP contribution in [0, 0.1) is 13.8 Å². The molecule has 2 aromatic rings. The van der Waals surface area contributed by atoms with Crippen LogP contribution in [-0.2, 0) is 6.61 Å². The van der Waals surface area contributed by atoms with E-state index < -0.39 is 0 Å². The highest BCUT2D eigenvalue weighted by Gasteiger charge is 2.24. The topological polar surface area (TPSA) is 57.0 Å². The third-order valence-corrected chi connectivity index (χ3v) is 3.85. The smallest absolute Gasteiger partial charge is 0.259 e. The standard InChI is InChI=1S/C13H13N3O2S/c1-8-4-3-5-9(2)12(8)18-6-10-14-13-16(15-10)11(17)7-19-13/h3-5H,6-7H2,1-2H3. The summed E-state index contributed by atoms with van der Waals surface area (Å²) in [5.41, 5.74) is 2.16. The maximum atomic E-state index is 11.5. The fourth-order valence-corrected chi connectivity index (χ4v) is 2.82. The summed E-state index contributed by atoms with van der Waals surface area (Å²) in [6, 6.07) is 6.00. The zero-order chi connectivity index (χ0) is 13.4. The number of carbonyl (C=O) groups is 1. The number of fused-ring (bicyclic) bond motifs is 1. The van der Waals surface area contributed by atoms with Gasteiger partial charge in [0.05, 0.1) is 5.75 Å². The molecule has 0 atom stereocenters. The number of ether oxygens (including phenoxy) is 1. The van der Waals surface area contributed by atoms with Crippen LogP contribution in [0.25, 0.3) is 0 Å². The molecule has 5 nitrogen and oxygen atoms in total. The van der Waals surface area contributed by atoms with Crippen molar-refractivity contribution in [1.29, 1.82) is 0 Å². The number of aromatic nitrogens is 3. The SMILES string of the molecule is Cc1cccc(C)c1OCc1nc2n(n1)C(=O)CS2. The second-order valence-corrected chi connectivity index (χ2v) is 5.36. The minimum atomic E-state index is -0.0224. The number of carbonyl (C=O) groups excluding carboxylic acids is 1. The Kier molecular flexibility index (Phi) is 3.02. The summed E-state index contributed by atoms with van der Waals surface area (Å²) in [4.78, 5) is 15.7. The molecule has 0 saturated carbocycles. The molecule has 6 heteroatoms. The molecule has 0 unspecified atom stereocenters. The summed E-state index contributed by atoms with van der Waals surface area (Å²) in [5.74, 6) is 1.80. The quantitative estimate of drug-likeness (QED) is 0.859. The van der Waals surface area contributed by atoms with Crippen molar-refractivity contribution in [2.75, 3.05) is 5.75 Å². The summed E-state index contributed by atoms with van der Waals surface area (Å²) in [7, 11) is 0. The van der Waals surface area contributed by atoms with E-state index in [9.17, 15) is 4.79 Å². The highest BCUT2D eigenvalue weighted by Crippen LogP contribution is 2.25. The van der Waals surface area contributed by atoms with Crippen molar-refractivity contribution in [2.45, 2.75) is 25.6 Å². The lowest BCUT2D eigenvalue weighted by atomic mass is 10.1. The summed E-state index contributed by atoms with van der Waals surface area (Å²) in [5, 5.41) is 4.81. The van der Waals surface area contributed by atoms with E-state index in [-0.39, 0.29) is 12.5 Å². The summed E-state index contributed by atoms with van der Waals surface area (Å²) in [6.07, 6.45) is 0. The monoisotopic (exact) mass is 275 g/mol. The average Bonchev–Trinajstić information content (AvgIpc) is 2.91. The van der Waals surface area contributed by atoms with Crippen LogP contribution in [0.5, 0.6) is 5.75 Å². The first-order valence-corrected chi connectivity index (χ1v) is 6.94. The third-order valence-electron chi connectivity index (χ3n) is 2.94. The second-order valence-electron chi connectivity index (χ2n) is 4.41. The summed E-state index contributed by atoms with van der Waals surface area (Å²) in [6.45, 7) is 4.28. The second kappa shape index (κ2) is 4.70. The van der Waals surface area contributed by atoms with Gasteiger partial charge in [-0.15, -0.1) is 5.10 Å². The molecule has 0 spiro atoms. The average molecular weight is 275 g/mol. The van der Waals surface area contributed by atoms with E-state index >= 15 is 0 Å². The van der Waals surface area contributed by atoms with Crippen molar-refractivity contribution >= 4 is 17.7 Å². The van der Waals surface area contributed by atoms with Crippen LogP contribution in [0.4, 0.5) is 0 Å². The molecule has 2 heterocycles. The molecule has 0 amide bonds. The largest absolute Gasteiger partial charge is 0.485 e. The number of nitrogens with zero attached hydrogens (tertiary/aromatic N) is 3. The zero-order valence-electron chi connectivity index (χ0n) is 10.7. The van der Waals surface area contributed by atoms with Gasteiger partial charge in [0.15, 0.2) is 11.0 Å². The number of hydrogen-bond donors (Lipinski definition) is 0. The molecule has 1 aromatic heterocycles. The first kappa shape index (κ1) is 12.2. The number of para-hydroxylation sites is 1. The fourth-order valence-electron chi connectivity index (χ4n) is 2.01. The lowest BCUT2D eigenvalue weighted by Gasteiger charge is -2.10. The molecule has 1 aliphatic heterocycles. The molecular weight excluding hydrogens is 262 g/mol. The van der Waals surface area contributed by atoms with Gasteiger partial charge in [0.2, 0.25) is 0 Å². The Labute approximate surface area is 115 Å². The van der Waals surface area contributed by atoms with Crippen LogP contribution >= 0.6 is 11.8 Å². The lowest BCUT2D eigenvalue weighted by Crippen LogP contribution is -2.10. The Balaban J connectivity index is 1.77. The van der Waals surface area contributed by atoms with E-state index in [0.29, 0.717) is 16.7 Å². The Morgan fingerprint density at radius 1 is 1.37 bits per heavy atom. The van der Waals surface area contributed by atoms with Gasteiger partial charge in [-0.25, -0.2) is 4.98 Å². The Morgan fingerprint density at radius 2 is 2.11 bits per heavy atom. The van der Waals surface area contributed by atoms with E-state index in [0.717, 1.165) is 16.9 Å². The minimum Gasteiger partial charge on any atom is -0.485 e. The molecule has 0 N–H and O–H groups in total. The number of aryl methyl sites for hydroxylation is 2. The normalized spacial score (nSPS) is 13.7. The highest BCUT2D eigenvalue weighted by molar-refractivity contribution is 8.00. The van der Waals surface area contributed by atoms with Crippen LogP contribution in [-0.4, -0.2) is 26.4 Å². The van der Waals surface area contributed by atoms with Crippen molar-refractivity contribution in [2.24, 2.45) is 0 Å². The molecule has 19 heavy (non-hydrogen) atoms. The predicted molar refractivity (Wildman–Crippen MR) is 71.6 cm³/mol. The lowest BCUT2D eigenvalue weighted by molar-refractivity contribution is 0.0922. The van der Waals surface area contributed by atoms with Crippen LogP contribution in [0.3, 0.4) is 0 Å². The first-order chi connectivity index (χ1) is 9.15. The van der Waals surface area contributed by atoms with Crippen LogP contribution < -0.4 is 4.74 Å². The van der Waals surface area contributed by atoms with E-state index in [1.807, 2.05) is 32.0 Å². The van der Waals surface area contributed by atoms with Crippen molar-refractivity contribution in [1.82, 2.24) is 14.8 Å². The fraction of sp³-hybridized carbons (Fsp3) is 0.308. The number of hydrogen-bond acceptors (Lipinski definition) is 5. The van der Waals surface area contributed by atoms with Gasteiger partial charge in [-0.2, -0.15) is 4.68 Å². The maximum absolute atomic E-state index is 11.5. The molecular formula is C13H13N3O2S. The zero-order valence-corrected chi connectivity index (χ0v) is 11.5. The minimum absolute atomic E-state index is 0.0224. The van der Waals surface area contributed by atoms with Gasteiger partial charge < -0.3 is 4.74 Å². The molecule has 0 saturated heterocycles. The van der Waals surface area contributed by atoms with Crippen molar-refractivity contribution in [3.05, 3.63) is 35.2 Å². The molecule has 0 aliphatic carbocycles. The predicted octanol–water partition coefficient (Wildman–Crippen LogP) is 2.22. The maximum Gasteiger partial charge on any atom is 0.259 e. The van der Waals surface area contributed by atoms with Crippen LogP contribution in [0.15, 0.2) is 23.4 Å². The Hall–Kier alpha value is -1.82. The van der Waals surface area contributed by atoms with Crippen LogP contribution in [0.2, 0.25) is 0 Å². The van der Waals surface area contributed by atoms with Gasteiger partial charge in [0, 0.05) is 0 Å². The van der Waals surface area contributed by atoms with E-state index in [2.05, 4.69) is 10.1 Å². The highest BCUT2D eigenvalue weighted by atomic mass is 32.2. The third kappa shape index (κ3) is 2.23. The van der Waals surface area contributed by atoms with Crippen LogP contribution in [0.1, 0.15) is 21.7 Å². The molecule has 1 aromatic carbocycles. The van der Waals surface area contributed by atoms with Crippen molar-refractivity contribution in [3.8, 4) is 5.75 Å².